The van der Waals surface area contributed by atoms with Gasteiger partial charge in [-0.25, -0.2) is 0 Å². The number of benzene rings is 1. The van der Waals surface area contributed by atoms with Crippen molar-refractivity contribution in [2.75, 3.05) is 0 Å². The molecule has 2 rings (SSSR count). The maximum atomic E-state index is 5.17. The van der Waals surface area contributed by atoms with Gasteiger partial charge in [0.2, 0.25) is 5.96 Å². The second-order valence-electron chi connectivity index (χ2n) is 3.90. The highest BCUT2D eigenvalue weighted by molar-refractivity contribution is 9.10. The highest BCUT2D eigenvalue weighted by atomic mass is 79.9. The zero-order valence-corrected chi connectivity index (χ0v) is 12.2. The maximum Gasteiger partial charge on any atom is 0.211 e. The molecule has 102 valence electrons. The van der Waals surface area contributed by atoms with Crippen molar-refractivity contribution >= 4 is 34.2 Å². The second kappa shape index (κ2) is 6.72. The molecule has 6 heteroatoms. The van der Waals surface area contributed by atoms with E-state index < -0.39 is 0 Å². The molecule has 5 nitrogen and oxygen atoms in total. The van der Waals surface area contributed by atoms with E-state index in [-0.39, 0.29) is 5.96 Å². The first-order valence-corrected chi connectivity index (χ1v) is 6.68. The molecule has 1 heterocycles. The Morgan fingerprint density at radius 2 is 1.95 bits per heavy atom. The van der Waals surface area contributed by atoms with Crippen LogP contribution in [0.1, 0.15) is 5.69 Å². The molecule has 0 spiro atoms. The van der Waals surface area contributed by atoms with Crippen molar-refractivity contribution in [2.24, 2.45) is 21.7 Å². The molecule has 0 saturated heterocycles. The molecule has 0 saturated carbocycles. The van der Waals surface area contributed by atoms with Gasteiger partial charge < -0.3 is 16.0 Å². The Kier molecular flexibility index (Phi) is 4.73. The molecule has 0 unspecified atom stereocenters. The fraction of sp³-hybridized carbons (Fsp3) is 0. The van der Waals surface area contributed by atoms with Crippen molar-refractivity contribution in [3.63, 3.8) is 0 Å². The quantitative estimate of drug-likeness (QED) is 0.512. The van der Waals surface area contributed by atoms with E-state index in [4.69, 9.17) is 11.5 Å². The average Bonchev–Trinajstić information content (AvgIpc) is 2.87. The van der Waals surface area contributed by atoms with Gasteiger partial charge >= 0.3 is 0 Å². The van der Waals surface area contributed by atoms with Crippen LogP contribution >= 0.6 is 15.9 Å². The van der Waals surface area contributed by atoms with Gasteiger partial charge in [-0.2, -0.15) is 5.10 Å². The number of aromatic nitrogens is 1. The number of guanidine groups is 1. The Hall–Kier alpha value is -2.34. The summed E-state index contributed by atoms with van der Waals surface area (Å²) >= 11 is 3.54. The van der Waals surface area contributed by atoms with E-state index in [0.29, 0.717) is 0 Å². The molecular weight excluding hydrogens is 318 g/mol. The number of allylic oxidation sites excluding steroid dienone is 1. The van der Waals surface area contributed by atoms with Crippen LogP contribution in [0.15, 0.2) is 63.3 Å². The third-order valence-corrected chi connectivity index (χ3v) is 3.16. The third-order valence-electron chi connectivity index (χ3n) is 2.49. The molecule has 0 bridgehead atoms. The van der Waals surface area contributed by atoms with Gasteiger partial charge in [0.15, 0.2) is 0 Å². The standard InChI is InChI=1S/C14H14BrN5/c15-12-7-1-2-8-13(12)20-10-4-6-11(20)5-3-9-18-19-14(16)17/h1-10H,(H4,16,17,19)/b5-3+,18-9+. The molecule has 20 heavy (non-hydrogen) atoms. The van der Waals surface area contributed by atoms with Gasteiger partial charge in [-0.3, -0.25) is 0 Å². The molecular formula is C14H14BrN5. The molecule has 1 aromatic carbocycles. The van der Waals surface area contributed by atoms with E-state index in [1.165, 1.54) is 6.21 Å². The van der Waals surface area contributed by atoms with Crippen LogP contribution in [0.5, 0.6) is 0 Å². The maximum absolute atomic E-state index is 5.17. The first-order valence-electron chi connectivity index (χ1n) is 5.89. The summed E-state index contributed by atoms with van der Waals surface area (Å²) in [4.78, 5) is 0. The lowest BCUT2D eigenvalue weighted by molar-refractivity contribution is 1.05. The molecule has 0 amide bonds. The van der Waals surface area contributed by atoms with Crippen molar-refractivity contribution in [1.82, 2.24) is 4.57 Å². The summed E-state index contributed by atoms with van der Waals surface area (Å²) in [6.07, 6.45) is 7.21. The van der Waals surface area contributed by atoms with Crippen molar-refractivity contribution in [3.8, 4) is 5.69 Å². The van der Waals surface area contributed by atoms with E-state index >= 15 is 0 Å². The molecule has 1 aromatic heterocycles. The highest BCUT2D eigenvalue weighted by Crippen LogP contribution is 2.22. The van der Waals surface area contributed by atoms with Gasteiger partial charge in [-0.15, -0.1) is 5.10 Å². The minimum Gasteiger partial charge on any atom is -0.369 e. The summed E-state index contributed by atoms with van der Waals surface area (Å²) in [5.74, 6) is -0.0637. The number of halogens is 1. The Bertz CT molecular complexity index is 666. The fourth-order valence-electron chi connectivity index (χ4n) is 1.68. The number of para-hydroxylation sites is 1. The topological polar surface area (TPSA) is 81.7 Å². The van der Waals surface area contributed by atoms with E-state index in [0.717, 1.165) is 15.9 Å². The molecule has 4 N–H and O–H groups in total. The minimum absolute atomic E-state index is 0.0637. The predicted molar refractivity (Wildman–Crippen MR) is 86.8 cm³/mol. The van der Waals surface area contributed by atoms with Gasteiger partial charge in [0.1, 0.15) is 0 Å². The smallest absolute Gasteiger partial charge is 0.211 e. The van der Waals surface area contributed by atoms with Crippen LogP contribution in [0.4, 0.5) is 0 Å². The first-order chi connectivity index (χ1) is 9.68. The third kappa shape index (κ3) is 3.58. The summed E-state index contributed by atoms with van der Waals surface area (Å²) in [6, 6.07) is 12.0. The SMILES string of the molecule is NC(N)=N/N=C/C=C/c1cccn1-c1ccccc1Br. The van der Waals surface area contributed by atoms with E-state index in [2.05, 4.69) is 30.7 Å². The first kappa shape index (κ1) is 14.1. The van der Waals surface area contributed by atoms with Gasteiger partial charge in [0, 0.05) is 22.6 Å². The Labute approximate surface area is 125 Å². The molecule has 2 aromatic rings. The summed E-state index contributed by atoms with van der Waals surface area (Å²) in [5, 5.41) is 7.21. The van der Waals surface area contributed by atoms with Crippen LogP contribution in [-0.4, -0.2) is 16.7 Å². The van der Waals surface area contributed by atoms with Crippen LogP contribution in [0.3, 0.4) is 0 Å². The van der Waals surface area contributed by atoms with Crippen molar-refractivity contribution in [3.05, 3.63) is 58.8 Å². The Morgan fingerprint density at radius 1 is 1.15 bits per heavy atom. The van der Waals surface area contributed by atoms with Gasteiger partial charge in [0.25, 0.3) is 0 Å². The zero-order chi connectivity index (χ0) is 14.4. The van der Waals surface area contributed by atoms with Gasteiger partial charge in [0.05, 0.1) is 5.69 Å². The van der Waals surface area contributed by atoms with E-state index in [9.17, 15) is 0 Å². The highest BCUT2D eigenvalue weighted by Gasteiger charge is 2.03. The number of rotatable bonds is 4. The second-order valence-corrected chi connectivity index (χ2v) is 4.76. The lowest BCUT2D eigenvalue weighted by Crippen LogP contribution is -2.21. The minimum atomic E-state index is -0.0637. The average molecular weight is 332 g/mol. The van der Waals surface area contributed by atoms with Gasteiger partial charge in [-0.1, -0.05) is 12.1 Å². The summed E-state index contributed by atoms with van der Waals surface area (Å²) in [6.45, 7) is 0. The molecule has 0 radical (unpaired) electrons. The lowest BCUT2D eigenvalue weighted by atomic mass is 10.3. The number of nitrogens with zero attached hydrogens (tertiary/aromatic N) is 3. The number of nitrogens with two attached hydrogens (primary N) is 2. The Balaban J connectivity index is 2.22. The van der Waals surface area contributed by atoms with Crippen molar-refractivity contribution < 1.29 is 0 Å². The lowest BCUT2D eigenvalue weighted by Gasteiger charge is -2.08. The summed E-state index contributed by atoms with van der Waals surface area (Å²) < 4.78 is 3.09. The molecule has 0 aliphatic carbocycles. The summed E-state index contributed by atoms with van der Waals surface area (Å²) in [7, 11) is 0. The van der Waals surface area contributed by atoms with Crippen molar-refractivity contribution in [2.45, 2.75) is 0 Å². The van der Waals surface area contributed by atoms with Crippen LogP contribution in [0, 0.1) is 0 Å². The van der Waals surface area contributed by atoms with Crippen LogP contribution < -0.4 is 11.5 Å². The monoisotopic (exact) mass is 331 g/mol. The van der Waals surface area contributed by atoms with Crippen LogP contribution in [0.25, 0.3) is 11.8 Å². The zero-order valence-electron chi connectivity index (χ0n) is 10.6. The number of hydrogen-bond acceptors (Lipinski definition) is 2. The predicted octanol–water partition coefficient (Wildman–Crippen LogP) is 2.51. The molecule has 0 aliphatic rings. The Morgan fingerprint density at radius 3 is 2.70 bits per heavy atom. The number of hydrogen-bond donors (Lipinski definition) is 2. The van der Waals surface area contributed by atoms with Crippen molar-refractivity contribution in [1.29, 1.82) is 0 Å². The van der Waals surface area contributed by atoms with Gasteiger partial charge in [-0.05, 0) is 52.3 Å². The summed E-state index contributed by atoms with van der Waals surface area (Å²) in [5.41, 5.74) is 12.4. The van der Waals surface area contributed by atoms with E-state index in [1.807, 2.05) is 48.7 Å². The molecule has 0 aliphatic heterocycles. The normalized spacial score (nSPS) is 11.2. The van der Waals surface area contributed by atoms with Crippen LogP contribution in [0.2, 0.25) is 0 Å². The largest absolute Gasteiger partial charge is 0.369 e. The molecule has 0 fully saturated rings. The van der Waals surface area contributed by atoms with E-state index in [1.54, 1.807) is 6.08 Å². The van der Waals surface area contributed by atoms with Crippen LogP contribution in [-0.2, 0) is 0 Å². The fourth-order valence-corrected chi connectivity index (χ4v) is 2.15. The molecule has 0 atom stereocenters.